The van der Waals surface area contributed by atoms with E-state index in [1.54, 1.807) is 7.05 Å². The van der Waals surface area contributed by atoms with Crippen molar-refractivity contribution in [2.45, 2.75) is 12.6 Å². The number of nitrogens with zero attached hydrogens (tertiary/aromatic N) is 3. The van der Waals surface area contributed by atoms with Crippen LogP contribution in [-0.2, 0) is 23.6 Å². The molecule has 1 atom stereocenters. The second-order valence-corrected chi connectivity index (χ2v) is 9.51. The average molecular weight is 455 g/mol. The molecule has 1 saturated heterocycles. The summed E-state index contributed by atoms with van der Waals surface area (Å²) in [7, 11) is -0.227. The Kier molecular flexibility index (Phi) is 6.43. The fraction of sp³-hybridized carbons (Fsp3) is 0.421. The van der Waals surface area contributed by atoms with Crippen molar-refractivity contribution in [2.75, 3.05) is 32.9 Å². The van der Waals surface area contributed by atoms with Crippen molar-refractivity contribution in [3.63, 3.8) is 0 Å². The molecule has 31 heavy (non-hydrogen) atoms. The van der Waals surface area contributed by atoms with Crippen LogP contribution in [-0.4, -0.2) is 66.1 Å². The zero-order chi connectivity index (χ0) is 22.9. The van der Waals surface area contributed by atoms with Crippen LogP contribution in [0.2, 0.25) is 0 Å². The van der Waals surface area contributed by atoms with Gasteiger partial charge < -0.3 is 10.4 Å². The molecule has 0 radical (unpaired) electrons. The summed E-state index contributed by atoms with van der Waals surface area (Å²) in [5.74, 6) is -1.59. The molecule has 1 aliphatic heterocycles. The SMILES string of the molecule is CN1CCN(S(C)(=O)=O)CC1c1[nH+]c(C(=O)NCc2ccc(F)cc2)c(O)c(=O)n1C. The van der Waals surface area contributed by atoms with Crippen molar-refractivity contribution in [2.24, 2.45) is 7.05 Å². The maximum absolute atomic E-state index is 13.0. The lowest BCUT2D eigenvalue weighted by Crippen LogP contribution is -2.52. The highest BCUT2D eigenvalue weighted by Crippen LogP contribution is 2.22. The minimum Gasteiger partial charge on any atom is -0.498 e. The van der Waals surface area contributed by atoms with Gasteiger partial charge in [-0.2, -0.15) is 8.87 Å². The number of H-pyrrole nitrogens is 1. The third-order valence-electron chi connectivity index (χ3n) is 5.35. The highest BCUT2D eigenvalue weighted by atomic mass is 32.2. The second kappa shape index (κ2) is 8.73. The van der Waals surface area contributed by atoms with Crippen molar-refractivity contribution < 1.29 is 27.7 Å². The molecule has 168 valence electrons. The van der Waals surface area contributed by atoms with Gasteiger partial charge in [-0.3, -0.25) is 9.69 Å². The number of hydrogen-bond donors (Lipinski definition) is 2. The van der Waals surface area contributed by atoms with Gasteiger partial charge in [0.1, 0.15) is 11.9 Å². The zero-order valence-electron chi connectivity index (χ0n) is 17.4. The lowest BCUT2D eigenvalue weighted by Gasteiger charge is -2.36. The van der Waals surface area contributed by atoms with Crippen LogP contribution in [0.4, 0.5) is 4.39 Å². The molecular formula is C19H25FN5O5S+. The van der Waals surface area contributed by atoms with Crippen molar-refractivity contribution in [1.29, 1.82) is 0 Å². The second-order valence-electron chi connectivity index (χ2n) is 7.52. The molecule has 10 nitrogen and oxygen atoms in total. The van der Waals surface area contributed by atoms with E-state index in [9.17, 15) is 27.5 Å². The van der Waals surface area contributed by atoms with E-state index in [0.29, 0.717) is 18.7 Å². The number of carbonyl (C=O) groups is 1. The Morgan fingerprint density at radius 2 is 1.90 bits per heavy atom. The Morgan fingerprint density at radius 3 is 2.52 bits per heavy atom. The van der Waals surface area contributed by atoms with E-state index in [1.807, 2.05) is 4.90 Å². The van der Waals surface area contributed by atoms with Crippen molar-refractivity contribution in [3.8, 4) is 5.75 Å². The number of carbonyl (C=O) groups excluding carboxylic acids is 1. The van der Waals surface area contributed by atoms with E-state index in [0.717, 1.165) is 6.26 Å². The van der Waals surface area contributed by atoms with E-state index in [4.69, 9.17) is 0 Å². The molecular weight excluding hydrogens is 429 g/mol. The molecule has 3 rings (SSSR count). The van der Waals surface area contributed by atoms with Crippen molar-refractivity contribution in [1.82, 2.24) is 19.1 Å². The quantitative estimate of drug-likeness (QED) is 0.611. The largest absolute Gasteiger partial charge is 0.498 e. The van der Waals surface area contributed by atoms with E-state index < -0.39 is 39.1 Å². The molecule has 1 fully saturated rings. The first kappa shape index (κ1) is 22.8. The van der Waals surface area contributed by atoms with Crippen molar-refractivity contribution in [3.05, 3.63) is 57.5 Å². The smallest absolute Gasteiger partial charge is 0.380 e. The number of sulfonamides is 1. The summed E-state index contributed by atoms with van der Waals surface area (Å²) in [5.41, 5.74) is -0.482. The number of likely N-dealkylation sites (N-methyl/N-ethyl adjacent to an activating group) is 1. The van der Waals surface area contributed by atoms with Gasteiger partial charge in [0.25, 0.3) is 17.5 Å². The molecule has 2 heterocycles. The Bertz CT molecular complexity index is 1150. The number of piperazine rings is 1. The third kappa shape index (κ3) is 4.92. The van der Waals surface area contributed by atoms with Gasteiger partial charge in [-0.1, -0.05) is 12.1 Å². The topological polar surface area (TPSA) is 126 Å². The molecule has 1 aromatic carbocycles. The lowest BCUT2D eigenvalue weighted by atomic mass is 10.1. The first-order chi connectivity index (χ1) is 14.5. The summed E-state index contributed by atoms with van der Waals surface area (Å²) >= 11 is 0. The minimum absolute atomic E-state index is 0.0577. The molecule has 1 aromatic heterocycles. The molecule has 0 aliphatic carbocycles. The van der Waals surface area contributed by atoms with E-state index >= 15 is 0 Å². The molecule has 0 saturated carbocycles. The summed E-state index contributed by atoms with van der Waals surface area (Å²) in [4.78, 5) is 29.9. The van der Waals surface area contributed by atoms with E-state index in [1.165, 1.54) is 40.2 Å². The number of aromatic hydroxyl groups is 1. The van der Waals surface area contributed by atoms with E-state index in [-0.39, 0.29) is 24.6 Å². The fourth-order valence-corrected chi connectivity index (χ4v) is 4.26. The maximum Gasteiger partial charge on any atom is 0.380 e. The van der Waals surface area contributed by atoms with Crippen LogP contribution in [0.15, 0.2) is 29.1 Å². The first-order valence-electron chi connectivity index (χ1n) is 9.52. The van der Waals surface area contributed by atoms with Crippen LogP contribution in [0.5, 0.6) is 5.75 Å². The maximum atomic E-state index is 13.0. The fourth-order valence-electron chi connectivity index (χ4n) is 3.44. The van der Waals surface area contributed by atoms with Gasteiger partial charge >= 0.3 is 5.56 Å². The summed E-state index contributed by atoms with van der Waals surface area (Å²) in [6, 6.07) is 4.99. The van der Waals surface area contributed by atoms with Crippen molar-refractivity contribution >= 4 is 15.9 Å². The molecule has 0 bridgehead atoms. The monoisotopic (exact) mass is 454 g/mol. The molecule has 0 spiro atoms. The molecule has 3 N–H and O–H groups in total. The normalized spacial score (nSPS) is 18.1. The van der Waals surface area contributed by atoms with Gasteiger partial charge in [-0.25, -0.2) is 22.6 Å². The number of aromatic amines is 1. The summed E-state index contributed by atoms with van der Waals surface area (Å²) in [6.45, 7) is 0.873. The van der Waals surface area contributed by atoms with Crippen LogP contribution >= 0.6 is 0 Å². The molecule has 1 aliphatic rings. The number of aromatic nitrogens is 2. The van der Waals surface area contributed by atoms with Gasteiger partial charge in [0.05, 0.1) is 13.3 Å². The summed E-state index contributed by atoms with van der Waals surface area (Å²) in [6.07, 6.45) is 1.11. The van der Waals surface area contributed by atoms with Gasteiger partial charge in [0.15, 0.2) is 0 Å². The highest BCUT2D eigenvalue weighted by Gasteiger charge is 2.37. The summed E-state index contributed by atoms with van der Waals surface area (Å²) < 4.78 is 39.5. The minimum atomic E-state index is -3.44. The lowest BCUT2D eigenvalue weighted by molar-refractivity contribution is -0.410. The standard InChI is InChI=1S/C19H24FN5O5S/c1-23-8-9-25(31(3,29)30)11-14(23)17-22-15(16(26)19(28)24(17)2)18(27)21-10-12-4-6-13(20)7-5-12/h4-7,14,26H,8-11H2,1-3H3,(H,21,27)/p+1. The number of hydrogen-bond acceptors (Lipinski definition) is 6. The highest BCUT2D eigenvalue weighted by molar-refractivity contribution is 7.88. The third-order valence-corrected chi connectivity index (χ3v) is 6.62. The van der Waals surface area contributed by atoms with Crippen LogP contribution in [0.1, 0.15) is 27.9 Å². The van der Waals surface area contributed by atoms with Crippen LogP contribution in [0, 0.1) is 5.82 Å². The number of halogens is 1. The molecule has 12 heteroatoms. The number of amides is 1. The molecule has 1 unspecified atom stereocenters. The zero-order valence-corrected chi connectivity index (χ0v) is 18.2. The number of rotatable bonds is 5. The predicted molar refractivity (Wildman–Crippen MR) is 109 cm³/mol. The van der Waals surface area contributed by atoms with Gasteiger partial charge in [0.2, 0.25) is 15.7 Å². The van der Waals surface area contributed by atoms with Gasteiger partial charge in [0, 0.05) is 26.2 Å². The summed E-state index contributed by atoms with van der Waals surface area (Å²) in [5, 5.41) is 12.8. The Hall–Kier alpha value is -2.83. The average Bonchev–Trinajstić information content (AvgIpc) is 2.71. The predicted octanol–water partition coefficient (Wildman–Crippen LogP) is -0.778. The van der Waals surface area contributed by atoms with Gasteiger partial charge in [-0.05, 0) is 24.7 Å². The Labute approximate surface area is 179 Å². The van der Waals surface area contributed by atoms with Crippen LogP contribution < -0.4 is 15.9 Å². The van der Waals surface area contributed by atoms with Gasteiger partial charge in [-0.15, -0.1) is 0 Å². The Balaban J connectivity index is 1.91. The number of benzene rings is 1. The van der Waals surface area contributed by atoms with Crippen LogP contribution in [0.25, 0.3) is 0 Å². The van der Waals surface area contributed by atoms with Crippen LogP contribution in [0.3, 0.4) is 0 Å². The molecule has 1 amide bonds. The number of nitrogens with one attached hydrogen (secondary N) is 2. The Morgan fingerprint density at radius 1 is 1.26 bits per heavy atom. The first-order valence-corrected chi connectivity index (χ1v) is 11.4. The van der Waals surface area contributed by atoms with E-state index in [2.05, 4.69) is 10.3 Å². The molecule has 2 aromatic rings.